The summed E-state index contributed by atoms with van der Waals surface area (Å²) in [4.78, 5) is 10.8. The van der Waals surface area contributed by atoms with Crippen molar-refractivity contribution < 1.29 is 22.6 Å². The molecular formula is C21H23BrN4O5S. The Kier molecular flexibility index (Phi) is 7.09. The molecule has 1 aromatic heterocycles. The van der Waals surface area contributed by atoms with Crippen molar-refractivity contribution in [2.45, 2.75) is 4.90 Å². The molecule has 1 aliphatic heterocycles. The lowest BCUT2D eigenvalue weighted by Crippen LogP contribution is -2.38. The summed E-state index contributed by atoms with van der Waals surface area (Å²) in [5.41, 5.74) is 0.534. The van der Waals surface area contributed by atoms with Gasteiger partial charge in [0.15, 0.2) is 17.3 Å². The Morgan fingerprint density at radius 3 is 2.69 bits per heavy atom. The number of rotatable bonds is 8. The molecular weight excluding hydrogens is 500 g/mol. The van der Waals surface area contributed by atoms with E-state index in [4.69, 9.17) is 14.2 Å². The number of nitrogens with zero attached hydrogens (tertiary/aromatic N) is 3. The quantitative estimate of drug-likeness (QED) is 0.481. The van der Waals surface area contributed by atoms with Crippen molar-refractivity contribution in [2.75, 3.05) is 51.3 Å². The van der Waals surface area contributed by atoms with Gasteiger partial charge >= 0.3 is 0 Å². The van der Waals surface area contributed by atoms with Crippen molar-refractivity contribution >= 4 is 42.7 Å². The van der Waals surface area contributed by atoms with Crippen LogP contribution in [0.3, 0.4) is 0 Å². The Balaban J connectivity index is 1.58. The summed E-state index contributed by atoms with van der Waals surface area (Å²) in [5.74, 6) is 1.16. The molecule has 1 N–H and O–H groups in total. The summed E-state index contributed by atoms with van der Waals surface area (Å²) < 4.78 is 45.6. The third-order valence-electron chi connectivity index (χ3n) is 5.05. The molecule has 32 heavy (non-hydrogen) atoms. The fourth-order valence-electron chi connectivity index (χ4n) is 3.37. The minimum absolute atomic E-state index is 0.113. The zero-order valence-corrected chi connectivity index (χ0v) is 19.9. The van der Waals surface area contributed by atoms with Gasteiger partial charge in [-0.15, -0.1) is 0 Å². The van der Waals surface area contributed by atoms with Crippen LogP contribution >= 0.6 is 15.9 Å². The van der Waals surface area contributed by atoms with E-state index >= 15 is 0 Å². The van der Waals surface area contributed by atoms with Gasteiger partial charge in [0.1, 0.15) is 17.8 Å². The van der Waals surface area contributed by atoms with Crippen molar-refractivity contribution in [3.8, 4) is 11.5 Å². The van der Waals surface area contributed by atoms with E-state index in [1.54, 1.807) is 30.3 Å². The lowest BCUT2D eigenvalue weighted by atomic mass is 10.2. The monoisotopic (exact) mass is 522 g/mol. The standard InChI is InChI=1S/C21H23BrN4O5S/c1-29-18-12-15-17(13-19(18)31-11-8-26-6-9-30-10-7-26)23-14-24-21(15)25-32(27,28)20-5-3-2-4-16(20)22/h2-5,12-14H,6-11H2,1H3,(H,23,24,25). The topological polar surface area (TPSA) is 103 Å². The SMILES string of the molecule is COc1cc2c(NS(=O)(=O)c3ccccc3Br)ncnc2cc1OCCN1CCOCC1. The van der Waals surface area contributed by atoms with Crippen LogP contribution in [-0.2, 0) is 14.8 Å². The first-order valence-corrected chi connectivity index (χ1v) is 12.3. The maximum Gasteiger partial charge on any atom is 0.264 e. The molecule has 0 radical (unpaired) electrons. The number of sulfonamides is 1. The van der Waals surface area contributed by atoms with Gasteiger partial charge in [-0.05, 0) is 34.1 Å². The highest BCUT2D eigenvalue weighted by Crippen LogP contribution is 2.35. The first kappa shape index (κ1) is 22.7. The minimum Gasteiger partial charge on any atom is -0.493 e. The molecule has 2 aromatic carbocycles. The third kappa shape index (κ3) is 5.12. The highest BCUT2D eigenvalue weighted by atomic mass is 79.9. The third-order valence-corrected chi connectivity index (χ3v) is 7.40. The summed E-state index contributed by atoms with van der Waals surface area (Å²) in [6.07, 6.45) is 1.31. The van der Waals surface area contributed by atoms with E-state index in [2.05, 4.69) is 35.5 Å². The maximum absolute atomic E-state index is 12.9. The normalized spacial score (nSPS) is 14.9. The van der Waals surface area contributed by atoms with E-state index < -0.39 is 10.0 Å². The number of morpholine rings is 1. The lowest BCUT2D eigenvalue weighted by molar-refractivity contribution is 0.0321. The summed E-state index contributed by atoms with van der Waals surface area (Å²) in [6.45, 7) is 4.47. The van der Waals surface area contributed by atoms with Crippen LogP contribution in [0.5, 0.6) is 11.5 Å². The highest BCUT2D eigenvalue weighted by molar-refractivity contribution is 9.10. The average molecular weight is 523 g/mol. The Morgan fingerprint density at radius 1 is 1.16 bits per heavy atom. The number of anilines is 1. The largest absolute Gasteiger partial charge is 0.493 e. The Hall–Kier alpha value is -2.47. The van der Waals surface area contributed by atoms with E-state index in [1.165, 1.54) is 19.5 Å². The zero-order chi connectivity index (χ0) is 22.6. The number of hydrogen-bond donors (Lipinski definition) is 1. The number of methoxy groups -OCH3 is 1. The van der Waals surface area contributed by atoms with Crippen LogP contribution < -0.4 is 14.2 Å². The molecule has 170 valence electrons. The predicted molar refractivity (Wildman–Crippen MR) is 124 cm³/mol. The molecule has 11 heteroatoms. The van der Waals surface area contributed by atoms with Crippen molar-refractivity contribution in [1.82, 2.24) is 14.9 Å². The van der Waals surface area contributed by atoms with Crippen LogP contribution in [0, 0.1) is 0 Å². The van der Waals surface area contributed by atoms with Gasteiger partial charge in [0.05, 0.1) is 25.8 Å². The number of benzene rings is 2. The van der Waals surface area contributed by atoms with Crippen LogP contribution in [-0.4, -0.2) is 69.9 Å². The second kappa shape index (κ2) is 9.99. The van der Waals surface area contributed by atoms with Gasteiger partial charge in [0, 0.05) is 35.6 Å². The van der Waals surface area contributed by atoms with E-state index in [0.29, 0.717) is 33.5 Å². The Bertz CT molecular complexity index is 1200. The number of aromatic nitrogens is 2. The molecule has 0 bridgehead atoms. The molecule has 1 saturated heterocycles. The molecule has 0 amide bonds. The zero-order valence-electron chi connectivity index (χ0n) is 17.5. The van der Waals surface area contributed by atoms with Crippen LogP contribution in [0.15, 0.2) is 52.1 Å². The number of fused-ring (bicyclic) bond motifs is 1. The summed E-state index contributed by atoms with van der Waals surface area (Å²) in [6, 6.07) is 9.98. The van der Waals surface area contributed by atoms with Gasteiger partial charge in [0.2, 0.25) is 0 Å². The average Bonchev–Trinajstić information content (AvgIpc) is 2.79. The molecule has 1 fully saturated rings. The van der Waals surface area contributed by atoms with E-state index in [-0.39, 0.29) is 10.7 Å². The van der Waals surface area contributed by atoms with E-state index in [0.717, 1.165) is 32.8 Å². The molecule has 0 spiro atoms. The van der Waals surface area contributed by atoms with Gasteiger partial charge in [-0.1, -0.05) is 12.1 Å². The molecule has 0 unspecified atom stereocenters. The van der Waals surface area contributed by atoms with Gasteiger partial charge in [0.25, 0.3) is 10.0 Å². The number of halogens is 1. The molecule has 1 aliphatic rings. The minimum atomic E-state index is -3.87. The van der Waals surface area contributed by atoms with E-state index in [9.17, 15) is 8.42 Å². The molecule has 3 aromatic rings. The van der Waals surface area contributed by atoms with Crippen molar-refractivity contribution in [3.63, 3.8) is 0 Å². The summed E-state index contributed by atoms with van der Waals surface area (Å²) in [5, 5.41) is 0.500. The van der Waals surface area contributed by atoms with Gasteiger partial charge < -0.3 is 14.2 Å². The van der Waals surface area contributed by atoms with Crippen LogP contribution in [0.1, 0.15) is 0 Å². The second-order valence-electron chi connectivity index (χ2n) is 7.08. The molecule has 0 aliphatic carbocycles. The predicted octanol–water partition coefficient (Wildman–Crippen LogP) is 2.91. The van der Waals surface area contributed by atoms with Gasteiger partial charge in [-0.3, -0.25) is 9.62 Å². The molecule has 2 heterocycles. The molecule has 0 atom stereocenters. The molecule has 4 rings (SSSR count). The van der Waals surface area contributed by atoms with Crippen LogP contribution in [0.4, 0.5) is 5.82 Å². The molecule has 0 saturated carbocycles. The van der Waals surface area contributed by atoms with Crippen molar-refractivity contribution in [1.29, 1.82) is 0 Å². The summed E-state index contributed by atoms with van der Waals surface area (Å²) in [7, 11) is -2.33. The first-order valence-electron chi connectivity index (χ1n) is 10.0. The highest BCUT2D eigenvalue weighted by Gasteiger charge is 2.20. The Labute approximate surface area is 194 Å². The maximum atomic E-state index is 12.9. The van der Waals surface area contributed by atoms with Crippen LogP contribution in [0.25, 0.3) is 10.9 Å². The first-order chi connectivity index (χ1) is 15.5. The smallest absolute Gasteiger partial charge is 0.264 e. The van der Waals surface area contributed by atoms with Gasteiger partial charge in [-0.2, -0.15) is 0 Å². The second-order valence-corrected chi connectivity index (χ2v) is 9.59. The van der Waals surface area contributed by atoms with E-state index in [1.807, 2.05) is 0 Å². The summed E-state index contributed by atoms with van der Waals surface area (Å²) >= 11 is 3.28. The number of nitrogens with one attached hydrogen (secondary N) is 1. The van der Waals surface area contributed by atoms with Crippen molar-refractivity contribution in [2.24, 2.45) is 0 Å². The Morgan fingerprint density at radius 2 is 1.94 bits per heavy atom. The fraction of sp³-hybridized carbons (Fsp3) is 0.333. The van der Waals surface area contributed by atoms with Crippen LogP contribution in [0.2, 0.25) is 0 Å². The lowest BCUT2D eigenvalue weighted by Gasteiger charge is -2.26. The molecule has 9 nitrogen and oxygen atoms in total. The number of hydrogen-bond acceptors (Lipinski definition) is 8. The fourth-order valence-corrected chi connectivity index (χ4v) is 5.41. The van der Waals surface area contributed by atoms with Gasteiger partial charge in [-0.25, -0.2) is 18.4 Å². The number of ether oxygens (including phenoxy) is 3. The van der Waals surface area contributed by atoms with Crippen molar-refractivity contribution in [3.05, 3.63) is 47.2 Å².